The monoisotopic (exact) mass is 402 g/mol. The van der Waals surface area contributed by atoms with Gasteiger partial charge in [0.2, 0.25) is 5.91 Å². The van der Waals surface area contributed by atoms with E-state index in [9.17, 15) is 9.59 Å². The summed E-state index contributed by atoms with van der Waals surface area (Å²) in [6.07, 6.45) is 0. The number of thiophene rings is 1. The number of aryl methyl sites for hydroxylation is 2. The number of aromatic amines is 1. The lowest BCUT2D eigenvalue weighted by Crippen LogP contribution is -2.48. The van der Waals surface area contributed by atoms with Gasteiger partial charge in [-0.25, -0.2) is 4.98 Å². The van der Waals surface area contributed by atoms with Crippen LogP contribution in [0.25, 0.3) is 10.2 Å². The number of carbonyl (C=O) groups is 1. The van der Waals surface area contributed by atoms with Crippen molar-refractivity contribution in [2.24, 2.45) is 0 Å². The van der Waals surface area contributed by atoms with E-state index in [0.29, 0.717) is 17.0 Å². The van der Waals surface area contributed by atoms with E-state index >= 15 is 0 Å². The van der Waals surface area contributed by atoms with Crippen molar-refractivity contribution < 1.29 is 4.79 Å². The summed E-state index contributed by atoms with van der Waals surface area (Å²) < 4.78 is 0. The van der Waals surface area contributed by atoms with Gasteiger partial charge in [0, 0.05) is 31.1 Å². The van der Waals surface area contributed by atoms with Crippen molar-refractivity contribution in [1.29, 1.82) is 0 Å². The zero-order valence-corrected chi connectivity index (χ0v) is 17.0. The molecule has 2 aromatic heterocycles. The van der Waals surface area contributed by atoms with E-state index in [2.05, 4.69) is 15.3 Å². The Labute approximate surface area is 161 Å². The number of rotatable bonds is 4. The highest BCUT2D eigenvalue weighted by Crippen LogP contribution is 2.26. The molecule has 0 aromatic carbocycles. The third-order valence-electron chi connectivity index (χ3n) is 4.33. The number of amides is 1. The number of piperazine rings is 1. The summed E-state index contributed by atoms with van der Waals surface area (Å²) in [6, 6.07) is 0. The Bertz CT molecular complexity index is 814. The number of fused-ring (bicyclic) bond motifs is 1. The van der Waals surface area contributed by atoms with E-state index < -0.39 is 0 Å². The molecule has 1 saturated heterocycles. The van der Waals surface area contributed by atoms with Crippen molar-refractivity contribution in [3.8, 4) is 0 Å². The van der Waals surface area contributed by atoms with Gasteiger partial charge in [-0.2, -0.15) is 0 Å². The fourth-order valence-corrected chi connectivity index (χ4v) is 4.67. The topological polar surface area (TPSA) is 78.1 Å². The Hall–Kier alpha value is -1.09. The average Bonchev–Trinajstić information content (AvgIpc) is 2.87. The zero-order chi connectivity index (χ0) is 17.3. The predicted octanol–water partition coefficient (Wildman–Crippen LogP) is 2.08. The molecule has 0 bridgehead atoms. The molecule has 3 rings (SSSR count). The van der Waals surface area contributed by atoms with Crippen LogP contribution >= 0.6 is 35.5 Å². The molecule has 1 amide bonds. The molecule has 6 nitrogen and oxygen atoms in total. The minimum Gasteiger partial charge on any atom is -0.339 e. The highest BCUT2D eigenvalue weighted by Gasteiger charge is 2.22. The van der Waals surface area contributed by atoms with Gasteiger partial charge in [-0.05, 0) is 26.3 Å². The molecule has 0 spiro atoms. The van der Waals surface area contributed by atoms with E-state index in [1.807, 2.05) is 25.7 Å². The maximum absolute atomic E-state index is 12.4. The number of halogens is 1. The van der Waals surface area contributed by atoms with Crippen molar-refractivity contribution in [3.63, 3.8) is 0 Å². The van der Waals surface area contributed by atoms with E-state index in [4.69, 9.17) is 0 Å². The van der Waals surface area contributed by atoms with Gasteiger partial charge in [-0.1, -0.05) is 0 Å². The van der Waals surface area contributed by atoms with Crippen LogP contribution in [0.5, 0.6) is 0 Å². The van der Waals surface area contributed by atoms with Gasteiger partial charge in [-0.3, -0.25) is 9.59 Å². The first-order valence-corrected chi connectivity index (χ1v) is 9.94. The standard InChI is InChI=1S/C16H22N4O2S2.ClH/c1-9-10(2)24-15-13(9)14(21)18-12(19-15)8-23-11(3)16(22)20-6-4-17-5-7-20;/h11,17H,4-8H2,1-3H3,(H,18,19,21);1H. The number of nitrogens with one attached hydrogen (secondary N) is 2. The van der Waals surface area contributed by atoms with Gasteiger partial charge >= 0.3 is 0 Å². The minimum absolute atomic E-state index is 0. The lowest BCUT2D eigenvalue weighted by Gasteiger charge is -2.29. The highest BCUT2D eigenvalue weighted by molar-refractivity contribution is 7.99. The first-order valence-electron chi connectivity index (χ1n) is 8.07. The molecule has 138 valence electrons. The summed E-state index contributed by atoms with van der Waals surface area (Å²) in [4.78, 5) is 35.9. The van der Waals surface area contributed by atoms with Gasteiger partial charge < -0.3 is 15.2 Å². The molecule has 25 heavy (non-hydrogen) atoms. The Morgan fingerprint density at radius 2 is 2.04 bits per heavy atom. The van der Waals surface area contributed by atoms with Crippen LogP contribution in [-0.4, -0.2) is 52.2 Å². The minimum atomic E-state index is -0.143. The second-order valence-electron chi connectivity index (χ2n) is 6.00. The predicted molar refractivity (Wildman–Crippen MR) is 107 cm³/mol. The van der Waals surface area contributed by atoms with Crippen LogP contribution in [0.2, 0.25) is 0 Å². The SMILES string of the molecule is Cc1sc2nc(CSC(C)C(=O)N3CCNCC3)[nH]c(=O)c2c1C.Cl. The van der Waals surface area contributed by atoms with Crippen molar-refractivity contribution in [3.05, 3.63) is 26.6 Å². The largest absolute Gasteiger partial charge is 0.339 e. The quantitative estimate of drug-likeness (QED) is 0.818. The molecule has 1 atom stereocenters. The molecule has 0 radical (unpaired) electrons. The number of H-pyrrole nitrogens is 1. The molecular formula is C16H23ClN4O2S2. The van der Waals surface area contributed by atoms with E-state index in [-0.39, 0.29) is 29.1 Å². The smallest absolute Gasteiger partial charge is 0.259 e. The lowest BCUT2D eigenvalue weighted by molar-refractivity contribution is -0.130. The molecule has 3 heterocycles. The fraction of sp³-hybridized carbons (Fsp3) is 0.562. The number of aromatic nitrogens is 2. The Balaban J connectivity index is 0.00000225. The third kappa shape index (κ3) is 4.36. The maximum Gasteiger partial charge on any atom is 0.259 e. The van der Waals surface area contributed by atoms with Gasteiger partial charge in [0.1, 0.15) is 10.7 Å². The van der Waals surface area contributed by atoms with Gasteiger partial charge in [0.05, 0.1) is 16.4 Å². The first-order chi connectivity index (χ1) is 11.5. The number of thioether (sulfide) groups is 1. The normalized spacial score (nSPS) is 15.9. The van der Waals surface area contributed by atoms with E-state index in [1.165, 1.54) is 11.8 Å². The summed E-state index contributed by atoms with van der Waals surface area (Å²) in [5, 5.41) is 3.80. The van der Waals surface area contributed by atoms with Crippen molar-refractivity contribution in [2.45, 2.75) is 31.8 Å². The summed E-state index contributed by atoms with van der Waals surface area (Å²) >= 11 is 3.07. The van der Waals surface area contributed by atoms with Gasteiger partial charge in [-0.15, -0.1) is 35.5 Å². The molecule has 2 aromatic rings. The van der Waals surface area contributed by atoms with Crippen LogP contribution in [0.3, 0.4) is 0 Å². The van der Waals surface area contributed by atoms with E-state index in [0.717, 1.165) is 41.5 Å². The Kier molecular flexibility index (Phi) is 6.90. The van der Waals surface area contributed by atoms with Crippen LogP contribution in [0.1, 0.15) is 23.2 Å². The second kappa shape index (κ2) is 8.53. The molecule has 1 fully saturated rings. The molecule has 0 aliphatic carbocycles. The molecular weight excluding hydrogens is 380 g/mol. The van der Waals surface area contributed by atoms with Crippen LogP contribution in [0, 0.1) is 13.8 Å². The molecule has 2 N–H and O–H groups in total. The maximum atomic E-state index is 12.4. The van der Waals surface area contributed by atoms with Crippen LogP contribution < -0.4 is 10.9 Å². The summed E-state index contributed by atoms with van der Waals surface area (Å²) in [6.45, 7) is 9.11. The van der Waals surface area contributed by atoms with Gasteiger partial charge in [0.25, 0.3) is 5.56 Å². The third-order valence-corrected chi connectivity index (χ3v) is 6.58. The van der Waals surface area contributed by atoms with Crippen molar-refractivity contribution in [2.75, 3.05) is 26.2 Å². The zero-order valence-electron chi connectivity index (χ0n) is 14.5. The van der Waals surface area contributed by atoms with Crippen molar-refractivity contribution >= 4 is 51.6 Å². The van der Waals surface area contributed by atoms with Crippen LogP contribution in [-0.2, 0) is 10.5 Å². The van der Waals surface area contributed by atoms with Gasteiger partial charge in [0.15, 0.2) is 0 Å². The summed E-state index contributed by atoms with van der Waals surface area (Å²) in [7, 11) is 0. The van der Waals surface area contributed by atoms with Crippen LogP contribution in [0.15, 0.2) is 4.79 Å². The second-order valence-corrected chi connectivity index (χ2v) is 8.54. The number of carbonyl (C=O) groups excluding carboxylic acids is 1. The lowest BCUT2D eigenvalue weighted by atomic mass is 10.2. The first kappa shape index (κ1) is 20.2. The number of hydrogen-bond acceptors (Lipinski definition) is 6. The Morgan fingerprint density at radius 3 is 2.72 bits per heavy atom. The average molecular weight is 403 g/mol. The number of nitrogens with zero attached hydrogens (tertiary/aromatic N) is 2. The van der Waals surface area contributed by atoms with Crippen molar-refractivity contribution in [1.82, 2.24) is 20.2 Å². The fourth-order valence-electron chi connectivity index (χ4n) is 2.79. The summed E-state index contributed by atoms with van der Waals surface area (Å²) in [5.41, 5.74) is 0.920. The highest BCUT2D eigenvalue weighted by atomic mass is 35.5. The number of hydrogen-bond donors (Lipinski definition) is 2. The van der Waals surface area contributed by atoms with Crippen LogP contribution in [0.4, 0.5) is 0 Å². The Morgan fingerprint density at radius 1 is 1.36 bits per heavy atom. The molecule has 1 aliphatic rings. The molecule has 1 unspecified atom stereocenters. The molecule has 1 aliphatic heterocycles. The summed E-state index contributed by atoms with van der Waals surface area (Å²) in [5.74, 6) is 1.33. The van der Waals surface area contributed by atoms with E-state index in [1.54, 1.807) is 11.3 Å². The molecule has 0 saturated carbocycles. The molecule has 9 heteroatoms.